The minimum absolute atomic E-state index is 0.0326. The van der Waals surface area contributed by atoms with E-state index in [1.165, 1.54) is 0 Å². The van der Waals surface area contributed by atoms with Crippen LogP contribution in [-0.2, 0) is 23.7 Å². The number of hydrogen-bond acceptors (Lipinski definition) is 7. The Kier molecular flexibility index (Phi) is 7.76. The Labute approximate surface area is 226 Å². The maximum Gasteiger partial charge on any atom is 0.171 e. The molecule has 4 fully saturated rings. The van der Waals surface area contributed by atoms with Gasteiger partial charge in [0.2, 0.25) is 0 Å². The van der Waals surface area contributed by atoms with Crippen LogP contribution >= 0.6 is 0 Å². The second-order valence-corrected chi connectivity index (χ2v) is 15.7. The molecule has 4 aliphatic heterocycles. The number of nitrogens with one attached hydrogen (secondary N) is 2. The van der Waals surface area contributed by atoms with Crippen LogP contribution in [0.1, 0.15) is 108 Å². The van der Waals surface area contributed by atoms with Gasteiger partial charge in [-0.15, -0.1) is 0 Å². The average Bonchev–Trinajstić information content (AvgIpc) is 2.73. The van der Waals surface area contributed by atoms with Gasteiger partial charge in [-0.2, -0.15) is 0 Å². The highest BCUT2D eigenvalue weighted by atomic mass is 16.7. The SMILES string of the molecule is CCC1(COCC2(CC)COC3(CC(C)(C)NC(C)(C)C3)OC2)COC2(CC(C)(C)NC(C)(C)C2)OC1. The summed E-state index contributed by atoms with van der Waals surface area (Å²) in [4.78, 5) is 0. The van der Waals surface area contributed by atoms with Crippen LogP contribution in [0.15, 0.2) is 0 Å². The highest BCUT2D eigenvalue weighted by Gasteiger charge is 2.55. The van der Waals surface area contributed by atoms with Crippen molar-refractivity contribution in [3.63, 3.8) is 0 Å². The highest BCUT2D eigenvalue weighted by molar-refractivity contribution is 5.04. The molecule has 37 heavy (non-hydrogen) atoms. The fourth-order valence-corrected chi connectivity index (χ4v) is 7.80. The quantitative estimate of drug-likeness (QED) is 0.497. The van der Waals surface area contributed by atoms with Gasteiger partial charge in [0.05, 0.1) is 39.6 Å². The lowest BCUT2D eigenvalue weighted by Gasteiger charge is -2.56. The van der Waals surface area contributed by atoms with Crippen molar-refractivity contribution in [2.75, 3.05) is 39.6 Å². The second kappa shape index (κ2) is 9.67. The summed E-state index contributed by atoms with van der Waals surface area (Å²) in [6, 6.07) is 0. The molecule has 0 radical (unpaired) electrons. The molecule has 0 aromatic rings. The molecule has 4 heterocycles. The van der Waals surface area contributed by atoms with Crippen molar-refractivity contribution in [2.24, 2.45) is 10.8 Å². The van der Waals surface area contributed by atoms with Crippen LogP contribution in [0.3, 0.4) is 0 Å². The average molecular weight is 525 g/mol. The van der Waals surface area contributed by atoms with Crippen molar-refractivity contribution in [3.8, 4) is 0 Å². The predicted octanol–water partition coefficient (Wildman–Crippen LogP) is 5.16. The standard InChI is InChI=1S/C30H56N2O5/c1-11-27(19-34-29(35-20-27)13-23(3,4)31-24(5,6)14-29)17-33-18-28(12-2)21-36-30(37-22-28)15-25(7,8)32-26(9,10)16-30/h31-32H,11-22H2,1-10H3. The first-order valence-corrected chi connectivity index (χ1v) is 14.6. The largest absolute Gasteiger partial charge is 0.380 e. The van der Waals surface area contributed by atoms with Gasteiger partial charge in [-0.3, -0.25) is 0 Å². The van der Waals surface area contributed by atoms with E-state index >= 15 is 0 Å². The molecule has 7 nitrogen and oxygen atoms in total. The lowest BCUT2D eigenvalue weighted by molar-refractivity contribution is -0.341. The molecular formula is C30H56N2O5. The number of rotatable bonds is 6. The molecule has 216 valence electrons. The molecule has 4 saturated heterocycles. The second-order valence-electron chi connectivity index (χ2n) is 15.7. The monoisotopic (exact) mass is 524 g/mol. The Morgan fingerprint density at radius 3 is 1.03 bits per heavy atom. The zero-order valence-corrected chi connectivity index (χ0v) is 25.5. The zero-order chi connectivity index (χ0) is 27.4. The highest BCUT2D eigenvalue weighted by Crippen LogP contribution is 2.46. The van der Waals surface area contributed by atoms with Crippen molar-refractivity contribution >= 4 is 0 Å². The van der Waals surface area contributed by atoms with E-state index in [1.54, 1.807) is 0 Å². The van der Waals surface area contributed by atoms with Crippen LogP contribution in [0.25, 0.3) is 0 Å². The maximum atomic E-state index is 6.60. The first-order chi connectivity index (χ1) is 16.9. The van der Waals surface area contributed by atoms with Gasteiger partial charge in [-0.05, 0) is 68.2 Å². The van der Waals surface area contributed by atoms with Crippen molar-refractivity contribution in [3.05, 3.63) is 0 Å². The number of ether oxygens (including phenoxy) is 5. The van der Waals surface area contributed by atoms with Gasteiger partial charge in [0.15, 0.2) is 11.6 Å². The van der Waals surface area contributed by atoms with E-state index in [-0.39, 0.29) is 33.0 Å². The summed E-state index contributed by atoms with van der Waals surface area (Å²) in [7, 11) is 0. The minimum atomic E-state index is -0.517. The molecule has 0 amide bonds. The van der Waals surface area contributed by atoms with E-state index in [0.717, 1.165) is 38.5 Å². The van der Waals surface area contributed by atoms with E-state index in [2.05, 4.69) is 79.9 Å². The summed E-state index contributed by atoms with van der Waals surface area (Å²) < 4.78 is 32.9. The van der Waals surface area contributed by atoms with Crippen LogP contribution in [0, 0.1) is 10.8 Å². The van der Waals surface area contributed by atoms with Gasteiger partial charge in [0.1, 0.15) is 0 Å². The smallest absolute Gasteiger partial charge is 0.171 e. The van der Waals surface area contributed by atoms with Crippen molar-refractivity contribution in [1.29, 1.82) is 0 Å². The van der Waals surface area contributed by atoms with Gasteiger partial charge in [0, 0.05) is 58.7 Å². The van der Waals surface area contributed by atoms with Gasteiger partial charge in [-0.25, -0.2) is 0 Å². The molecule has 4 aliphatic rings. The van der Waals surface area contributed by atoms with E-state index in [4.69, 9.17) is 23.7 Å². The molecular weight excluding hydrogens is 468 g/mol. The molecule has 4 rings (SSSR count). The molecule has 2 N–H and O–H groups in total. The van der Waals surface area contributed by atoms with Crippen molar-refractivity contribution < 1.29 is 23.7 Å². The van der Waals surface area contributed by atoms with Crippen LogP contribution < -0.4 is 10.6 Å². The molecule has 7 heteroatoms. The lowest BCUT2D eigenvalue weighted by Crippen LogP contribution is -2.67. The van der Waals surface area contributed by atoms with Crippen LogP contribution in [-0.4, -0.2) is 73.4 Å². The number of hydrogen-bond donors (Lipinski definition) is 2. The van der Waals surface area contributed by atoms with E-state index in [0.29, 0.717) is 39.6 Å². The van der Waals surface area contributed by atoms with Gasteiger partial charge >= 0.3 is 0 Å². The number of piperidine rings is 2. The lowest BCUT2D eigenvalue weighted by atomic mass is 9.77. The van der Waals surface area contributed by atoms with Crippen molar-refractivity contribution in [2.45, 2.75) is 141 Å². The molecule has 0 aliphatic carbocycles. The molecule has 0 aromatic heterocycles. The van der Waals surface area contributed by atoms with Gasteiger partial charge < -0.3 is 34.3 Å². The van der Waals surface area contributed by atoms with Crippen molar-refractivity contribution in [1.82, 2.24) is 10.6 Å². The third kappa shape index (κ3) is 6.72. The summed E-state index contributed by atoms with van der Waals surface area (Å²) in [6.07, 6.45) is 5.32. The Morgan fingerprint density at radius 2 is 0.784 bits per heavy atom. The predicted molar refractivity (Wildman–Crippen MR) is 147 cm³/mol. The molecule has 0 unspecified atom stereocenters. The molecule has 0 aromatic carbocycles. The van der Waals surface area contributed by atoms with Crippen LogP contribution in [0.5, 0.6) is 0 Å². The Balaban J connectivity index is 1.33. The Hall–Kier alpha value is -0.280. The van der Waals surface area contributed by atoms with Gasteiger partial charge in [-0.1, -0.05) is 13.8 Å². The third-order valence-electron chi connectivity index (χ3n) is 9.08. The fourth-order valence-electron chi connectivity index (χ4n) is 7.80. The normalized spacial score (nSPS) is 32.3. The fraction of sp³-hybridized carbons (Fsp3) is 1.00. The minimum Gasteiger partial charge on any atom is -0.380 e. The summed E-state index contributed by atoms with van der Waals surface area (Å²) in [6.45, 7) is 26.3. The Bertz CT molecular complexity index is 703. The molecule has 2 spiro atoms. The summed E-state index contributed by atoms with van der Waals surface area (Å²) >= 11 is 0. The zero-order valence-electron chi connectivity index (χ0n) is 25.5. The van der Waals surface area contributed by atoms with E-state index in [1.807, 2.05) is 0 Å². The third-order valence-corrected chi connectivity index (χ3v) is 9.08. The molecule has 0 atom stereocenters. The van der Waals surface area contributed by atoms with E-state index in [9.17, 15) is 0 Å². The topological polar surface area (TPSA) is 70.2 Å². The first-order valence-electron chi connectivity index (χ1n) is 14.6. The summed E-state index contributed by atoms with van der Waals surface area (Å²) in [5.74, 6) is -1.03. The van der Waals surface area contributed by atoms with E-state index < -0.39 is 11.6 Å². The van der Waals surface area contributed by atoms with Crippen LogP contribution in [0.2, 0.25) is 0 Å². The summed E-state index contributed by atoms with van der Waals surface area (Å²) in [5, 5.41) is 7.48. The molecule has 0 bridgehead atoms. The molecule has 0 saturated carbocycles. The first kappa shape index (κ1) is 29.7. The Morgan fingerprint density at radius 1 is 0.514 bits per heavy atom. The maximum absolute atomic E-state index is 6.60. The van der Waals surface area contributed by atoms with Crippen LogP contribution in [0.4, 0.5) is 0 Å². The van der Waals surface area contributed by atoms with Gasteiger partial charge in [0.25, 0.3) is 0 Å². The summed E-state index contributed by atoms with van der Waals surface area (Å²) in [5.41, 5.74) is -0.380.